The van der Waals surface area contributed by atoms with E-state index in [9.17, 15) is 5.11 Å². The van der Waals surface area contributed by atoms with Crippen molar-refractivity contribution < 1.29 is 5.11 Å². The summed E-state index contributed by atoms with van der Waals surface area (Å²) < 4.78 is 0. The molecular formula is C13H16N4O. The number of rotatable bonds is 2. The molecule has 0 aliphatic heterocycles. The standard InChI is InChI=1S/C13H16N4O/c1-7-4-11(16)13(6-10(7)15)17-12-5-8(18)2-3-9(12)14/h2-6,17-18H,14-16H2,1H3. The highest BCUT2D eigenvalue weighted by Crippen LogP contribution is 2.32. The molecule has 0 heterocycles. The van der Waals surface area contributed by atoms with Crippen LogP contribution in [0.1, 0.15) is 5.56 Å². The second-order valence-electron chi connectivity index (χ2n) is 4.19. The first-order valence-corrected chi connectivity index (χ1v) is 5.48. The molecule has 0 aliphatic carbocycles. The van der Waals surface area contributed by atoms with Crippen LogP contribution in [0.5, 0.6) is 5.75 Å². The number of phenols is 1. The minimum Gasteiger partial charge on any atom is -0.508 e. The molecule has 0 unspecified atom stereocenters. The van der Waals surface area contributed by atoms with Gasteiger partial charge in [-0.3, -0.25) is 0 Å². The molecule has 94 valence electrons. The number of phenolic OH excluding ortho intramolecular Hbond substituents is 1. The second kappa shape index (κ2) is 4.37. The molecule has 2 aromatic carbocycles. The Hall–Kier alpha value is -2.56. The van der Waals surface area contributed by atoms with E-state index >= 15 is 0 Å². The quantitative estimate of drug-likeness (QED) is 0.411. The third-order valence-electron chi connectivity index (χ3n) is 2.74. The molecule has 0 spiro atoms. The van der Waals surface area contributed by atoms with E-state index in [1.807, 2.05) is 6.92 Å². The molecule has 0 aliphatic rings. The van der Waals surface area contributed by atoms with Gasteiger partial charge in [-0.2, -0.15) is 0 Å². The van der Waals surface area contributed by atoms with Crippen LogP contribution in [0.4, 0.5) is 28.4 Å². The highest BCUT2D eigenvalue weighted by atomic mass is 16.3. The number of benzene rings is 2. The van der Waals surface area contributed by atoms with E-state index < -0.39 is 0 Å². The summed E-state index contributed by atoms with van der Waals surface area (Å²) in [5.41, 5.74) is 21.5. The van der Waals surface area contributed by atoms with E-state index in [4.69, 9.17) is 17.2 Å². The van der Waals surface area contributed by atoms with Gasteiger partial charge in [0.05, 0.1) is 22.7 Å². The van der Waals surface area contributed by atoms with Gasteiger partial charge >= 0.3 is 0 Å². The molecule has 8 N–H and O–H groups in total. The lowest BCUT2D eigenvalue weighted by molar-refractivity contribution is 0.475. The summed E-state index contributed by atoms with van der Waals surface area (Å²) in [5.74, 6) is 0.130. The minimum atomic E-state index is 0.130. The smallest absolute Gasteiger partial charge is 0.117 e. The van der Waals surface area contributed by atoms with Crippen molar-refractivity contribution in [3.63, 3.8) is 0 Å². The number of nitrogens with one attached hydrogen (secondary N) is 1. The largest absolute Gasteiger partial charge is 0.508 e. The van der Waals surface area contributed by atoms with E-state index in [1.165, 1.54) is 12.1 Å². The van der Waals surface area contributed by atoms with Crippen LogP contribution in [-0.2, 0) is 0 Å². The first-order chi connectivity index (χ1) is 8.47. The highest BCUT2D eigenvalue weighted by Gasteiger charge is 2.06. The lowest BCUT2D eigenvalue weighted by Crippen LogP contribution is -2.01. The summed E-state index contributed by atoms with van der Waals surface area (Å²) in [7, 11) is 0. The van der Waals surface area contributed by atoms with Gasteiger partial charge in [0.25, 0.3) is 0 Å². The second-order valence-corrected chi connectivity index (χ2v) is 4.19. The molecule has 18 heavy (non-hydrogen) atoms. The fourth-order valence-corrected chi connectivity index (χ4v) is 1.65. The van der Waals surface area contributed by atoms with Crippen molar-refractivity contribution in [1.29, 1.82) is 0 Å². The Morgan fingerprint density at radius 3 is 2.28 bits per heavy atom. The zero-order valence-electron chi connectivity index (χ0n) is 10.1. The van der Waals surface area contributed by atoms with Gasteiger partial charge in [-0.05, 0) is 36.8 Å². The first-order valence-electron chi connectivity index (χ1n) is 5.48. The maximum atomic E-state index is 9.43. The third-order valence-corrected chi connectivity index (χ3v) is 2.74. The average Bonchev–Trinajstić information content (AvgIpc) is 2.30. The predicted molar refractivity (Wildman–Crippen MR) is 75.8 cm³/mol. The Balaban J connectivity index is 2.40. The Bertz CT molecular complexity index is 596. The molecule has 0 atom stereocenters. The first kappa shape index (κ1) is 11.9. The number of nitrogen functional groups attached to an aromatic ring is 3. The van der Waals surface area contributed by atoms with Crippen molar-refractivity contribution in [1.82, 2.24) is 0 Å². The number of aromatic hydroxyl groups is 1. The van der Waals surface area contributed by atoms with Crippen LogP contribution in [0.25, 0.3) is 0 Å². The molecule has 0 bridgehead atoms. The lowest BCUT2D eigenvalue weighted by atomic mass is 10.1. The summed E-state index contributed by atoms with van der Waals surface area (Å²) in [4.78, 5) is 0. The Morgan fingerprint density at radius 2 is 1.56 bits per heavy atom. The molecule has 2 aromatic rings. The van der Waals surface area contributed by atoms with Gasteiger partial charge in [0.15, 0.2) is 0 Å². The lowest BCUT2D eigenvalue weighted by Gasteiger charge is -2.13. The Morgan fingerprint density at radius 1 is 0.889 bits per heavy atom. The normalized spacial score (nSPS) is 10.3. The molecule has 5 heteroatoms. The SMILES string of the molecule is Cc1cc(N)c(Nc2cc(O)ccc2N)cc1N. The van der Waals surface area contributed by atoms with Crippen LogP contribution in [0, 0.1) is 6.92 Å². The van der Waals surface area contributed by atoms with Crippen LogP contribution >= 0.6 is 0 Å². The van der Waals surface area contributed by atoms with E-state index in [0.29, 0.717) is 28.4 Å². The van der Waals surface area contributed by atoms with Crippen molar-refractivity contribution in [3.05, 3.63) is 35.9 Å². The maximum Gasteiger partial charge on any atom is 0.117 e. The number of hydrogen-bond donors (Lipinski definition) is 5. The summed E-state index contributed by atoms with van der Waals surface area (Å²) in [6, 6.07) is 8.20. The van der Waals surface area contributed by atoms with Crippen molar-refractivity contribution in [2.75, 3.05) is 22.5 Å². The van der Waals surface area contributed by atoms with Crippen LogP contribution in [0.3, 0.4) is 0 Å². The van der Waals surface area contributed by atoms with Crippen LogP contribution < -0.4 is 22.5 Å². The van der Waals surface area contributed by atoms with E-state index in [0.717, 1.165) is 5.56 Å². The molecule has 0 aromatic heterocycles. The fraction of sp³-hybridized carbons (Fsp3) is 0.0769. The van der Waals surface area contributed by atoms with Gasteiger partial charge in [0.2, 0.25) is 0 Å². The summed E-state index contributed by atoms with van der Waals surface area (Å²) in [6.07, 6.45) is 0. The fourth-order valence-electron chi connectivity index (χ4n) is 1.65. The van der Waals surface area contributed by atoms with Gasteiger partial charge in [-0.15, -0.1) is 0 Å². The van der Waals surface area contributed by atoms with Gasteiger partial charge in [0, 0.05) is 11.8 Å². The van der Waals surface area contributed by atoms with Gasteiger partial charge < -0.3 is 27.6 Å². The average molecular weight is 244 g/mol. The van der Waals surface area contributed by atoms with Crippen molar-refractivity contribution in [2.24, 2.45) is 0 Å². The van der Waals surface area contributed by atoms with Crippen molar-refractivity contribution >= 4 is 28.4 Å². The molecule has 0 saturated heterocycles. The predicted octanol–water partition coefficient (Wildman–Crippen LogP) is 2.19. The van der Waals surface area contributed by atoms with Gasteiger partial charge in [0.1, 0.15) is 5.75 Å². The van der Waals surface area contributed by atoms with E-state index in [1.54, 1.807) is 18.2 Å². The van der Waals surface area contributed by atoms with Crippen LogP contribution in [0.2, 0.25) is 0 Å². The number of hydrogen-bond acceptors (Lipinski definition) is 5. The zero-order valence-corrected chi connectivity index (χ0v) is 10.1. The summed E-state index contributed by atoms with van der Waals surface area (Å²) in [5, 5.41) is 12.5. The van der Waals surface area contributed by atoms with Gasteiger partial charge in [-0.1, -0.05) is 0 Å². The van der Waals surface area contributed by atoms with E-state index in [-0.39, 0.29) is 5.75 Å². The Labute approximate surface area is 105 Å². The van der Waals surface area contributed by atoms with Crippen LogP contribution in [0.15, 0.2) is 30.3 Å². The zero-order chi connectivity index (χ0) is 13.3. The maximum absolute atomic E-state index is 9.43. The molecule has 5 nitrogen and oxygen atoms in total. The number of aryl methyl sites for hydroxylation is 1. The van der Waals surface area contributed by atoms with Crippen molar-refractivity contribution in [2.45, 2.75) is 6.92 Å². The molecule has 0 fully saturated rings. The molecule has 0 amide bonds. The molecular weight excluding hydrogens is 228 g/mol. The Kier molecular flexibility index (Phi) is 2.89. The monoisotopic (exact) mass is 244 g/mol. The van der Waals surface area contributed by atoms with Gasteiger partial charge in [-0.25, -0.2) is 0 Å². The minimum absolute atomic E-state index is 0.130. The topological polar surface area (TPSA) is 110 Å². The highest BCUT2D eigenvalue weighted by molar-refractivity contribution is 5.82. The molecule has 0 radical (unpaired) electrons. The number of nitrogens with two attached hydrogens (primary N) is 3. The third kappa shape index (κ3) is 2.24. The summed E-state index contributed by atoms with van der Waals surface area (Å²) in [6.45, 7) is 1.89. The van der Waals surface area contributed by atoms with E-state index in [2.05, 4.69) is 5.32 Å². The van der Waals surface area contributed by atoms with Crippen LogP contribution in [-0.4, -0.2) is 5.11 Å². The van der Waals surface area contributed by atoms with Crippen molar-refractivity contribution in [3.8, 4) is 5.75 Å². The molecule has 2 rings (SSSR count). The molecule has 0 saturated carbocycles. The summed E-state index contributed by atoms with van der Waals surface area (Å²) >= 11 is 0. The number of anilines is 5.